The molecule has 0 aromatic heterocycles. The SMILES string of the molecule is O=C(NCC#CC(=O)N1Cc2cccc(C(=O)O)c2C1)OCC1c2ccccc2-c2ccccc21. The van der Waals surface area contributed by atoms with Crippen molar-refractivity contribution in [3.63, 3.8) is 0 Å². The fourth-order valence-corrected chi connectivity index (χ4v) is 4.73. The molecule has 0 radical (unpaired) electrons. The van der Waals surface area contributed by atoms with Crippen LogP contribution in [0.5, 0.6) is 0 Å². The molecule has 3 aromatic carbocycles. The van der Waals surface area contributed by atoms with Crippen LogP contribution < -0.4 is 5.32 Å². The molecule has 0 saturated heterocycles. The van der Waals surface area contributed by atoms with Crippen molar-refractivity contribution in [1.82, 2.24) is 10.2 Å². The summed E-state index contributed by atoms with van der Waals surface area (Å²) < 4.78 is 5.46. The van der Waals surface area contributed by atoms with E-state index in [4.69, 9.17) is 4.74 Å². The van der Waals surface area contributed by atoms with Crippen molar-refractivity contribution in [3.05, 3.63) is 94.5 Å². The van der Waals surface area contributed by atoms with Gasteiger partial charge in [0.1, 0.15) is 6.61 Å². The van der Waals surface area contributed by atoms with E-state index in [0.29, 0.717) is 12.1 Å². The van der Waals surface area contributed by atoms with Gasteiger partial charge >= 0.3 is 12.1 Å². The Balaban J connectivity index is 1.13. The zero-order valence-electron chi connectivity index (χ0n) is 18.8. The lowest BCUT2D eigenvalue weighted by Crippen LogP contribution is -2.27. The molecule has 7 nitrogen and oxygen atoms in total. The number of aromatic carboxylic acids is 1. The van der Waals surface area contributed by atoms with Gasteiger partial charge in [-0.1, -0.05) is 66.6 Å². The van der Waals surface area contributed by atoms with Gasteiger partial charge in [-0.2, -0.15) is 0 Å². The number of ether oxygens (including phenoxy) is 1. The monoisotopic (exact) mass is 466 g/mol. The smallest absolute Gasteiger partial charge is 0.407 e. The number of nitrogens with one attached hydrogen (secondary N) is 1. The lowest BCUT2D eigenvalue weighted by atomic mass is 9.98. The molecule has 0 unspecified atom stereocenters. The summed E-state index contributed by atoms with van der Waals surface area (Å²) in [4.78, 5) is 37.5. The summed E-state index contributed by atoms with van der Waals surface area (Å²) in [5, 5.41) is 11.9. The molecule has 1 heterocycles. The number of carbonyl (C=O) groups is 3. The first-order valence-corrected chi connectivity index (χ1v) is 11.2. The van der Waals surface area contributed by atoms with Crippen molar-refractivity contribution in [2.75, 3.05) is 13.2 Å². The van der Waals surface area contributed by atoms with Gasteiger partial charge in [-0.25, -0.2) is 9.59 Å². The van der Waals surface area contributed by atoms with E-state index >= 15 is 0 Å². The van der Waals surface area contributed by atoms with Crippen LogP contribution in [0.4, 0.5) is 4.79 Å². The molecule has 0 fully saturated rings. The Morgan fingerprint density at radius 1 is 0.943 bits per heavy atom. The highest BCUT2D eigenvalue weighted by Crippen LogP contribution is 2.44. The number of carbonyl (C=O) groups excluding carboxylic acids is 2. The van der Waals surface area contributed by atoms with Gasteiger partial charge in [-0.05, 0) is 45.4 Å². The number of amides is 2. The molecule has 5 rings (SSSR count). The topological polar surface area (TPSA) is 95.9 Å². The first-order valence-electron chi connectivity index (χ1n) is 11.2. The summed E-state index contributed by atoms with van der Waals surface area (Å²) in [5.74, 6) is 3.68. The number of nitrogens with zero attached hydrogens (tertiary/aromatic N) is 1. The highest BCUT2D eigenvalue weighted by atomic mass is 16.5. The van der Waals surface area contributed by atoms with Crippen molar-refractivity contribution >= 4 is 18.0 Å². The predicted octanol–water partition coefficient (Wildman–Crippen LogP) is 3.77. The van der Waals surface area contributed by atoms with Gasteiger partial charge in [0.25, 0.3) is 5.91 Å². The van der Waals surface area contributed by atoms with Crippen molar-refractivity contribution < 1.29 is 24.2 Å². The fourth-order valence-electron chi connectivity index (χ4n) is 4.73. The summed E-state index contributed by atoms with van der Waals surface area (Å²) in [6.07, 6.45) is -0.603. The van der Waals surface area contributed by atoms with Crippen molar-refractivity contribution in [3.8, 4) is 23.0 Å². The Morgan fingerprint density at radius 3 is 2.31 bits per heavy atom. The van der Waals surface area contributed by atoms with Crippen LogP contribution in [0, 0.1) is 11.8 Å². The Bertz CT molecular complexity index is 1360. The van der Waals surface area contributed by atoms with Crippen LogP contribution in [0.25, 0.3) is 11.1 Å². The van der Waals surface area contributed by atoms with E-state index in [9.17, 15) is 19.5 Å². The number of hydrogen-bond donors (Lipinski definition) is 2. The predicted molar refractivity (Wildman–Crippen MR) is 129 cm³/mol. The summed E-state index contributed by atoms with van der Waals surface area (Å²) in [6, 6.07) is 21.2. The number of rotatable bonds is 4. The quantitative estimate of drug-likeness (QED) is 0.571. The van der Waals surface area contributed by atoms with Gasteiger partial charge in [0, 0.05) is 19.0 Å². The number of fused-ring (bicyclic) bond motifs is 4. The second kappa shape index (κ2) is 9.35. The Kier molecular flexibility index (Phi) is 5.94. The molecule has 2 aliphatic rings. The number of alkyl carbamates (subject to hydrolysis) is 1. The standard InChI is InChI=1S/C28H22N2O5/c31-26(30-15-18-7-5-12-23(27(32)33)24(18)16-30)13-6-14-29-28(34)35-17-25-21-10-3-1-8-19(21)20-9-2-4-11-22(20)25/h1-5,7-12,25H,14-17H2,(H,29,34)(H,32,33). The van der Waals surface area contributed by atoms with E-state index in [1.54, 1.807) is 12.1 Å². The van der Waals surface area contributed by atoms with E-state index in [1.807, 2.05) is 24.3 Å². The van der Waals surface area contributed by atoms with E-state index in [-0.39, 0.29) is 31.2 Å². The summed E-state index contributed by atoms with van der Waals surface area (Å²) in [7, 11) is 0. The van der Waals surface area contributed by atoms with Crippen LogP contribution in [0.3, 0.4) is 0 Å². The lowest BCUT2D eigenvalue weighted by molar-refractivity contribution is -0.125. The molecule has 7 heteroatoms. The van der Waals surface area contributed by atoms with Crippen LogP contribution in [0.1, 0.15) is 38.5 Å². The maximum atomic E-state index is 12.4. The number of carboxylic acids is 1. The van der Waals surface area contributed by atoms with Crippen LogP contribution >= 0.6 is 0 Å². The van der Waals surface area contributed by atoms with E-state index < -0.39 is 18.0 Å². The van der Waals surface area contributed by atoms with Gasteiger partial charge in [0.15, 0.2) is 0 Å². The van der Waals surface area contributed by atoms with Crippen LogP contribution in [0.15, 0.2) is 66.7 Å². The molecule has 35 heavy (non-hydrogen) atoms. The number of benzene rings is 3. The van der Waals surface area contributed by atoms with Crippen molar-refractivity contribution in [1.29, 1.82) is 0 Å². The highest BCUT2D eigenvalue weighted by molar-refractivity contribution is 5.95. The number of carboxylic acid groups (broad SMARTS) is 1. The Hall–Kier alpha value is -4.57. The highest BCUT2D eigenvalue weighted by Gasteiger charge is 2.29. The second-order valence-electron chi connectivity index (χ2n) is 8.39. The third-order valence-electron chi connectivity index (χ3n) is 6.36. The first kappa shape index (κ1) is 22.2. The molecule has 174 valence electrons. The Morgan fingerprint density at radius 2 is 1.63 bits per heavy atom. The molecule has 1 aliphatic heterocycles. The molecule has 3 aromatic rings. The molecular formula is C28H22N2O5. The maximum absolute atomic E-state index is 12.4. The van der Waals surface area contributed by atoms with Gasteiger partial charge in [-0.15, -0.1) is 0 Å². The minimum absolute atomic E-state index is 0.0340. The minimum atomic E-state index is -1.02. The first-order chi connectivity index (χ1) is 17.0. The van der Waals surface area contributed by atoms with Crippen LogP contribution in [-0.4, -0.2) is 41.1 Å². The third-order valence-corrected chi connectivity index (χ3v) is 6.36. The van der Waals surface area contributed by atoms with Crippen molar-refractivity contribution in [2.45, 2.75) is 19.0 Å². The van der Waals surface area contributed by atoms with Gasteiger partial charge in [0.05, 0.1) is 12.1 Å². The molecule has 0 spiro atoms. The number of hydrogen-bond acceptors (Lipinski definition) is 4. The van der Waals surface area contributed by atoms with Crippen molar-refractivity contribution in [2.24, 2.45) is 0 Å². The molecule has 2 amide bonds. The van der Waals surface area contributed by atoms with Gasteiger partial charge < -0.3 is 20.1 Å². The normalized spacial score (nSPS) is 13.2. The van der Waals surface area contributed by atoms with Gasteiger partial charge in [0.2, 0.25) is 0 Å². The molecule has 0 saturated carbocycles. The molecule has 0 atom stereocenters. The average Bonchev–Trinajstić information content (AvgIpc) is 3.45. The largest absolute Gasteiger partial charge is 0.478 e. The van der Waals surface area contributed by atoms with Gasteiger partial charge in [-0.3, -0.25) is 4.79 Å². The van der Waals surface area contributed by atoms with Crippen LogP contribution in [0.2, 0.25) is 0 Å². The summed E-state index contributed by atoms with van der Waals surface area (Å²) in [5.41, 5.74) is 6.20. The summed E-state index contributed by atoms with van der Waals surface area (Å²) >= 11 is 0. The van der Waals surface area contributed by atoms with E-state index in [2.05, 4.69) is 41.4 Å². The van der Waals surface area contributed by atoms with Crippen LogP contribution in [-0.2, 0) is 22.6 Å². The second-order valence-corrected chi connectivity index (χ2v) is 8.39. The lowest BCUT2D eigenvalue weighted by Gasteiger charge is -2.14. The summed E-state index contributed by atoms with van der Waals surface area (Å²) in [6.45, 7) is 0.669. The fraction of sp³-hybridized carbons (Fsp3) is 0.179. The average molecular weight is 466 g/mol. The zero-order valence-corrected chi connectivity index (χ0v) is 18.8. The Labute approximate surface area is 202 Å². The maximum Gasteiger partial charge on any atom is 0.407 e. The van der Waals surface area contributed by atoms with E-state index in [1.165, 1.54) is 11.0 Å². The zero-order chi connectivity index (χ0) is 24.4. The minimum Gasteiger partial charge on any atom is -0.478 e. The third kappa shape index (κ3) is 4.34. The molecule has 0 bridgehead atoms. The molecular weight excluding hydrogens is 444 g/mol. The van der Waals surface area contributed by atoms with E-state index in [0.717, 1.165) is 27.8 Å². The molecule has 1 aliphatic carbocycles. The molecule has 2 N–H and O–H groups in total.